The van der Waals surface area contributed by atoms with Crippen molar-refractivity contribution >= 4 is 29.9 Å². The van der Waals surface area contributed by atoms with E-state index >= 15 is 0 Å². The van der Waals surface area contributed by atoms with Crippen molar-refractivity contribution in [2.75, 3.05) is 34.3 Å². The highest BCUT2D eigenvalue weighted by atomic mass is 127. The first kappa shape index (κ1) is 24.2. The Bertz CT molecular complexity index is 737. The molecule has 0 spiro atoms. The van der Waals surface area contributed by atoms with Crippen LogP contribution in [0.15, 0.2) is 53.5 Å². The first-order valence-electron chi connectivity index (χ1n) is 9.10. The molecule has 0 bridgehead atoms. The van der Waals surface area contributed by atoms with Gasteiger partial charge in [0.25, 0.3) is 0 Å². The fourth-order valence-electron chi connectivity index (χ4n) is 2.77. The molecule has 0 fully saturated rings. The number of nitrogens with one attached hydrogen (secondary N) is 2. The quantitative estimate of drug-likeness (QED) is 0.329. The molecule has 0 amide bonds. The van der Waals surface area contributed by atoms with Gasteiger partial charge in [-0.1, -0.05) is 24.3 Å². The van der Waals surface area contributed by atoms with Crippen LogP contribution in [0.25, 0.3) is 0 Å². The largest absolute Gasteiger partial charge is 0.497 e. The van der Waals surface area contributed by atoms with Crippen molar-refractivity contribution in [3.8, 4) is 5.75 Å². The number of benzene rings is 2. The van der Waals surface area contributed by atoms with Crippen LogP contribution >= 0.6 is 24.0 Å². The lowest BCUT2D eigenvalue weighted by Crippen LogP contribution is -2.41. The highest BCUT2D eigenvalue weighted by molar-refractivity contribution is 14.0. The number of nitrogens with zero attached hydrogens (tertiary/aromatic N) is 2. The van der Waals surface area contributed by atoms with Gasteiger partial charge in [0.2, 0.25) is 0 Å². The van der Waals surface area contributed by atoms with Gasteiger partial charge in [-0.15, -0.1) is 24.0 Å². The highest BCUT2D eigenvalue weighted by Crippen LogP contribution is 2.20. The minimum absolute atomic E-state index is 0. The standard InChI is InChI=1S/C21H29FN4O.HI/c1-5-23-21(24-14-16-7-6-8-18(22)13-16)25-15-20(26(2)3)17-9-11-19(27-4)12-10-17;/h6-13,20H,5,14-15H2,1-4H3,(H2,23,24,25);1H. The Hall–Kier alpha value is -1.87. The van der Waals surface area contributed by atoms with E-state index in [9.17, 15) is 4.39 Å². The van der Waals surface area contributed by atoms with Crippen LogP contribution in [0.2, 0.25) is 0 Å². The molecule has 1 unspecified atom stereocenters. The van der Waals surface area contributed by atoms with Crippen LogP contribution in [0.1, 0.15) is 24.1 Å². The summed E-state index contributed by atoms with van der Waals surface area (Å²) in [6.45, 7) is 3.88. The van der Waals surface area contributed by atoms with Gasteiger partial charge in [0, 0.05) is 13.1 Å². The maximum absolute atomic E-state index is 13.3. The number of guanidine groups is 1. The second-order valence-corrected chi connectivity index (χ2v) is 6.46. The molecule has 2 aromatic rings. The molecule has 154 valence electrons. The molecule has 7 heteroatoms. The van der Waals surface area contributed by atoms with Crippen LogP contribution in [-0.2, 0) is 6.54 Å². The number of hydrogen-bond donors (Lipinski definition) is 2. The summed E-state index contributed by atoms with van der Waals surface area (Å²) in [6.07, 6.45) is 0. The lowest BCUT2D eigenvalue weighted by atomic mass is 10.1. The van der Waals surface area contributed by atoms with Crippen molar-refractivity contribution in [3.05, 3.63) is 65.5 Å². The van der Waals surface area contributed by atoms with Gasteiger partial charge >= 0.3 is 0 Å². The Morgan fingerprint density at radius 1 is 1.14 bits per heavy atom. The lowest BCUT2D eigenvalue weighted by Gasteiger charge is -2.26. The Morgan fingerprint density at radius 3 is 2.43 bits per heavy atom. The second kappa shape index (κ2) is 12.6. The van der Waals surface area contributed by atoms with E-state index in [4.69, 9.17) is 4.74 Å². The molecular formula is C21H30FIN4O. The van der Waals surface area contributed by atoms with Crippen molar-refractivity contribution in [1.29, 1.82) is 0 Å². The van der Waals surface area contributed by atoms with Gasteiger partial charge in [0.05, 0.1) is 19.7 Å². The molecule has 0 saturated carbocycles. The van der Waals surface area contributed by atoms with Gasteiger partial charge in [-0.05, 0) is 56.4 Å². The number of likely N-dealkylation sites (N-methyl/N-ethyl adjacent to an activating group) is 1. The van der Waals surface area contributed by atoms with Gasteiger partial charge in [-0.25, -0.2) is 9.38 Å². The molecule has 5 nitrogen and oxygen atoms in total. The van der Waals surface area contributed by atoms with Crippen molar-refractivity contribution in [3.63, 3.8) is 0 Å². The number of halogens is 2. The van der Waals surface area contributed by atoms with E-state index in [2.05, 4.69) is 32.7 Å². The molecule has 0 aliphatic carbocycles. The van der Waals surface area contributed by atoms with Crippen molar-refractivity contribution in [2.45, 2.75) is 19.5 Å². The normalized spacial score (nSPS) is 12.3. The number of aliphatic imine (C=N–C) groups is 1. The molecule has 0 aliphatic heterocycles. The molecule has 28 heavy (non-hydrogen) atoms. The topological polar surface area (TPSA) is 48.9 Å². The first-order valence-corrected chi connectivity index (χ1v) is 9.10. The summed E-state index contributed by atoms with van der Waals surface area (Å²) >= 11 is 0. The zero-order valence-electron chi connectivity index (χ0n) is 16.9. The van der Waals surface area contributed by atoms with Crippen molar-refractivity contribution < 1.29 is 9.13 Å². The molecule has 0 heterocycles. The molecule has 1 atom stereocenters. The fourth-order valence-corrected chi connectivity index (χ4v) is 2.77. The summed E-state index contributed by atoms with van der Waals surface area (Å²) < 4.78 is 18.6. The number of methoxy groups -OCH3 is 1. The van der Waals surface area contributed by atoms with Crippen LogP contribution in [0.4, 0.5) is 4.39 Å². The molecule has 2 N–H and O–H groups in total. The maximum Gasteiger partial charge on any atom is 0.191 e. The van der Waals surface area contributed by atoms with Gasteiger partial charge in [0.15, 0.2) is 5.96 Å². The number of hydrogen-bond acceptors (Lipinski definition) is 3. The maximum atomic E-state index is 13.3. The number of rotatable bonds is 8. The Morgan fingerprint density at radius 2 is 1.86 bits per heavy atom. The Balaban J connectivity index is 0.00000392. The molecular weight excluding hydrogens is 470 g/mol. The number of ether oxygens (including phenoxy) is 1. The summed E-state index contributed by atoms with van der Waals surface area (Å²) in [5.41, 5.74) is 2.03. The first-order chi connectivity index (χ1) is 13.0. The van der Waals surface area contributed by atoms with Gasteiger partial charge in [0.1, 0.15) is 11.6 Å². The monoisotopic (exact) mass is 500 g/mol. The minimum Gasteiger partial charge on any atom is -0.497 e. The third-order valence-electron chi connectivity index (χ3n) is 4.24. The van der Waals surface area contributed by atoms with Crippen molar-refractivity contribution in [1.82, 2.24) is 15.5 Å². The van der Waals surface area contributed by atoms with Gasteiger partial charge in [-0.2, -0.15) is 0 Å². The zero-order valence-corrected chi connectivity index (χ0v) is 19.2. The molecule has 0 aliphatic rings. The van der Waals surface area contributed by atoms with E-state index < -0.39 is 0 Å². The van der Waals surface area contributed by atoms with E-state index in [1.54, 1.807) is 13.2 Å². The minimum atomic E-state index is -0.243. The summed E-state index contributed by atoms with van der Waals surface area (Å²) in [5, 5.41) is 6.62. The average Bonchev–Trinajstić information content (AvgIpc) is 2.66. The molecule has 2 aromatic carbocycles. The second-order valence-electron chi connectivity index (χ2n) is 6.46. The van der Waals surface area contributed by atoms with Crippen LogP contribution in [0, 0.1) is 5.82 Å². The van der Waals surface area contributed by atoms with Crippen LogP contribution < -0.4 is 15.4 Å². The SMILES string of the molecule is CCNC(=NCc1cccc(F)c1)NCC(c1ccc(OC)cc1)N(C)C.I. The predicted molar refractivity (Wildman–Crippen MR) is 124 cm³/mol. The highest BCUT2D eigenvalue weighted by Gasteiger charge is 2.14. The summed E-state index contributed by atoms with van der Waals surface area (Å²) in [6, 6.07) is 14.8. The van der Waals surface area contributed by atoms with E-state index in [1.807, 2.05) is 39.2 Å². The molecule has 0 radical (unpaired) electrons. The van der Waals surface area contributed by atoms with Gasteiger partial charge in [-0.3, -0.25) is 0 Å². The van der Waals surface area contributed by atoms with E-state index in [0.717, 1.165) is 17.9 Å². The molecule has 2 rings (SSSR count). The molecule has 0 saturated heterocycles. The average molecular weight is 500 g/mol. The summed E-state index contributed by atoms with van der Waals surface area (Å²) in [7, 11) is 5.76. The van der Waals surface area contributed by atoms with Crippen LogP contribution in [0.5, 0.6) is 5.75 Å². The van der Waals surface area contributed by atoms with Crippen LogP contribution in [0.3, 0.4) is 0 Å². The Labute approximate surface area is 184 Å². The predicted octanol–water partition coefficient (Wildman–Crippen LogP) is 3.81. The molecule has 0 aromatic heterocycles. The zero-order chi connectivity index (χ0) is 19.6. The summed E-state index contributed by atoms with van der Waals surface area (Å²) in [5.74, 6) is 1.31. The van der Waals surface area contributed by atoms with E-state index in [0.29, 0.717) is 19.0 Å². The van der Waals surface area contributed by atoms with Gasteiger partial charge < -0.3 is 20.3 Å². The lowest BCUT2D eigenvalue weighted by molar-refractivity contribution is 0.298. The summed E-state index contributed by atoms with van der Waals surface area (Å²) in [4.78, 5) is 6.72. The van der Waals surface area contributed by atoms with Crippen molar-refractivity contribution in [2.24, 2.45) is 4.99 Å². The Kier molecular flexibility index (Phi) is 10.8. The van der Waals surface area contributed by atoms with Crippen LogP contribution in [-0.4, -0.2) is 45.2 Å². The fraction of sp³-hybridized carbons (Fsp3) is 0.381. The van der Waals surface area contributed by atoms with E-state index in [-0.39, 0.29) is 35.8 Å². The smallest absolute Gasteiger partial charge is 0.191 e. The van der Waals surface area contributed by atoms with E-state index in [1.165, 1.54) is 17.7 Å². The third kappa shape index (κ3) is 7.63. The third-order valence-corrected chi connectivity index (χ3v) is 4.24.